The minimum absolute atomic E-state index is 0.0906. The number of aromatic nitrogens is 4. The van der Waals surface area contributed by atoms with Gasteiger partial charge in [-0.25, -0.2) is 9.67 Å². The van der Waals surface area contributed by atoms with Crippen LogP contribution in [0.4, 0.5) is 5.82 Å². The number of amides is 1. The molecule has 4 rings (SSSR count). The Morgan fingerprint density at radius 3 is 2.62 bits per heavy atom. The summed E-state index contributed by atoms with van der Waals surface area (Å²) in [6.45, 7) is 2.34. The van der Waals surface area contributed by atoms with Gasteiger partial charge in [-0.1, -0.05) is 30.3 Å². The van der Waals surface area contributed by atoms with Crippen LogP contribution in [0.3, 0.4) is 0 Å². The van der Waals surface area contributed by atoms with Crippen molar-refractivity contribution in [2.24, 2.45) is 0 Å². The maximum Gasteiger partial charge on any atom is 0.274 e. The number of rotatable bonds is 6. The summed E-state index contributed by atoms with van der Waals surface area (Å²) < 4.78 is 1.42. The monoisotopic (exact) mass is 390 g/mol. The molecule has 148 valence electrons. The molecule has 1 saturated heterocycles. The van der Waals surface area contributed by atoms with Crippen molar-refractivity contribution < 1.29 is 4.79 Å². The Kier molecular flexibility index (Phi) is 5.60. The van der Waals surface area contributed by atoms with Gasteiger partial charge in [-0.05, 0) is 18.9 Å². The van der Waals surface area contributed by atoms with Crippen LogP contribution >= 0.6 is 0 Å². The molecular formula is C21H22N6O2. The van der Waals surface area contributed by atoms with Crippen molar-refractivity contribution in [1.29, 1.82) is 0 Å². The van der Waals surface area contributed by atoms with Gasteiger partial charge < -0.3 is 10.2 Å². The average molecular weight is 390 g/mol. The highest BCUT2D eigenvalue weighted by atomic mass is 16.2. The molecule has 29 heavy (non-hydrogen) atoms. The Morgan fingerprint density at radius 2 is 1.83 bits per heavy atom. The molecule has 8 heteroatoms. The molecule has 3 heterocycles. The highest BCUT2D eigenvalue weighted by molar-refractivity contribution is 5.92. The predicted octanol–water partition coefficient (Wildman–Crippen LogP) is 2.05. The van der Waals surface area contributed by atoms with Crippen molar-refractivity contribution in [3.8, 4) is 11.3 Å². The van der Waals surface area contributed by atoms with Crippen LogP contribution in [0.15, 0.2) is 59.7 Å². The van der Waals surface area contributed by atoms with Gasteiger partial charge in [-0.2, -0.15) is 5.10 Å². The molecule has 0 spiro atoms. The maximum atomic E-state index is 12.5. The first kappa shape index (κ1) is 18.8. The Bertz CT molecular complexity index is 1040. The second-order valence-corrected chi connectivity index (χ2v) is 6.86. The molecule has 1 N–H and O–H groups in total. The Balaban J connectivity index is 1.41. The summed E-state index contributed by atoms with van der Waals surface area (Å²) in [6.07, 6.45) is 5.11. The van der Waals surface area contributed by atoms with Crippen molar-refractivity contribution in [2.45, 2.75) is 19.4 Å². The number of anilines is 1. The lowest BCUT2D eigenvalue weighted by Gasteiger charge is -2.14. The lowest BCUT2D eigenvalue weighted by molar-refractivity contribution is 0.0786. The SMILES string of the molecule is O=C(c1cncc(NCCn2nc(-c3ccccc3)ccc2=O)n1)N1CCCC1. The number of hydrogen-bond acceptors (Lipinski definition) is 6. The zero-order chi connectivity index (χ0) is 20.1. The predicted molar refractivity (Wildman–Crippen MR) is 110 cm³/mol. The topological polar surface area (TPSA) is 93.0 Å². The van der Waals surface area contributed by atoms with Crippen LogP contribution < -0.4 is 10.9 Å². The van der Waals surface area contributed by atoms with Crippen LogP contribution in [-0.4, -0.2) is 50.2 Å². The molecule has 1 aliphatic rings. The third-order valence-corrected chi connectivity index (χ3v) is 4.81. The number of carbonyl (C=O) groups excluding carboxylic acids is 1. The first-order valence-corrected chi connectivity index (χ1v) is 9.69. The van der Waals surface area contributed by atoms with Gasteiger partial charge in [0.2, 0.25) is 0 Å². The quantitative estimate of drug-likeness (QED) is 0.692. The molecule has 0 unspecified atom stereocenters. The minimum atomic E-state index is -0.171. The van der Waals surface area contributed by atoms with Crippen molar-refractivity contribution in [1.82, 2.24) is 24.6 Å². The smallest absolute Gasteiger partial charge is 0.274 e. The molecule has 0 atom stereocenters. The number of nitrogens with one attached hydrogen (secondary N) is 1. The van der Waals surface area contributed by atoms with Crippen LogP contribution in [-0.2, 0) is 6.54 Å². The van der Waals surface area contributed by atoms with Crippen LogP contribution in [0.1, 0.15) is 23.3 Å². The largest absolute Gasteiger partial charge is 0.367 e. The Hall–Kier alpha value is -3.55. The van der Waals surface area contributed by atoms with Crippen molar-refractivity contribution in [3.63, 3.8) is 0 Å². The number of likely N-dealkylation sites (tertiary alicyclic amines) is 1. The van der Waals surface area contributed by atoms with Crippen molar-refractivity contribution in [3.05, 3.63) is 70.9 Å². The van der Waals surface area contributed by atoms with E-state index in [1.54, 1.807) is 17.2 Å². The second-order valence-electron chi connectivity index (χ2n) is 6.86. The van der Waals surface area contributed by atoms with E-state index in [-0.39, 0.29) is 11.5 Å². The molecule has 0 bridgehead atoms. The van der Waals surface area contributed by atoms with E-state index in [4.69, 9.17) is 0 Å². The first-order chi connectivity index (χ1) is 14.2. The van der Waals surface area contributed by atoms with Gasteiger partial charge >= 0.3 is 0 Å². The fourth-order valence-electron chi connectivity index (χ4n) is 3.30. The minimum Gasteiger partial charge on any atom is -0.367 e. The van der Waals surface area contributed by atoms with E-state index >= 15 is 0 Å². The molecule has 8 nitrogen and oxygen atoms in total. The summed E-state index contributed by atoms with van der Waals surface area (Å²) in [5.74, 6) is 0.411. The molecule has 1 amide bonds. The normalized spacial score (nSPS) is 13.4. The molecule has 1 fully saturated rings. The molecule has 1 aromatic carbocycles. The van der Waals surface area contributed by atoms with E-state index < -0.39 is 0 Å². The van der Waals surface area contributed by atoms with Crippen LogP contribution in [0.25, 0.3) is 11.3 Å². The standard InChI is InChI=1S/C21H22N6O2/c28-20-9-8-17(16-6-2-1-3-7-16)25-27(20)13-10-23-19-15-22-14-18(24-19)21(29)26-11-4-5-12-26/h1-3,6-9,14-15H,4-5,10-13H2,(H,23,24). The summed E-state index contributed by atoms with van der Waals surface area (Å²) in [5.41, 5.74) is 1.85. The van der Waals surface area contributed by atoms with Crippen LogP contribution in [0.5, 0.6) is 0 Å². The number of nitrogens with zero attached hydrogens (tertiary/aromatic N) is 5. The third kappa shape index (κ3) is 4.48. The fraction of sp³-hybridized carbons (Fsp3) is 0.286. The summed E-state index contributed by atoms with van der Waals surface area (Å²) in [6, 6.07) is 13.0. The number of carbonyl (C=O) groups is 1. The summed E-state index contributed by atoms with van der Waals surface area (Å²) in [5, 5.41) is 7.56. The van der Waals surface area contributed by atoms with E-state index in [9.17, 15) is 9.59 Å². The first-order valence-electron chi connectivity index (χ1n) is 9.69. The van der Waals surface area contributed by atoms with Gasteiger partial charge in [0.05, 0.1) is 24.6 Å². The van der Waals surface area contributed by atoms with Gasteiger partial charge in [0, 0.05) is 31.3 Å². The molecule has 0 saturated carbocycles. The van der Waals surface area contributed by atoms with Crippen molar-refractivity contribution >= 4 is 11.7 Å². The Labute approximate surface area is 168 Å². The van der Waals surface area contributed by atoms with Gasteiger partial charge in [-0.3, -0.25) is 14.6 Å². The second kappa shape index (κ2) is 8.64. The summed E-state index contributed by atoms with van der Waals surface area (Å²) >= 11 is 0. The molecule has 1 aliphatic heterocycles. The van der Waals surface area contributed by atoms with E-state index in [0.29, 0.717) is 24.6 Å². The number of hydrogen-bond donors (Lipinski definition) is 1. The Morgan fingerprint density at radius 1 is 1.03 bits per heavy atom. The highest BCUT2D eigenvalue weighted by Gasteiger charge is 2.21. The average Bonchev–Trinajstić information content (AvgIpc) is 3.30. The zero-order valence-electron chi connectivity index (χ0n) is 16.0. The molecule has 3 aromatic rings. The fourth-order valence-corrected chi connectivity index (χ4v) is 3.30. The maximum absolute atomic E-state index is 12.5. The van der Waals surface area contributed by atoms with E-state index in [2.05, 4.69) is 20.4 Å². The van der Waals surface area contributed by atoms with Gasteiger partial charge in [0.15, 0.2) is 0 Å². The van der Waals surface area contributed by atoms with Crippen LogP contribution in [0.2, 0.25) is 0 Å². The highest BCUT2D eigenvalue weighted by Crippen LogP contribution is 2.14. The van der Waals surface area contributed by atoms with Crippen molar-refractivity contribution in [2.75, 3.05) is 25.0 Å². The lowest BCUT2D eigenvalue weighted by Crippen LogP contribution is -2.29. The van der Waals surface area contributed by atoms with Gasteiger partial charge in [0.1, 0.15) is 11.5 Å². The molecule has 0 radical (unpaired) electrons. The summed E-state index contributed by atoms with van der Waals surface area (Å²) in [7, 11) is 0. The molecular weight excluding hydrogens is 368 g/mol. The van der Waals surface area contributed by atoms with E-state index in [0.717, 1.165) is 37.2 Å². The van der Waals surface area contributed by atoms with E-state index in [1.807, 2.05) is 30.3 Å². The molecule has 0 aliphatic carbocycles. The zero-order valence-corrected chi connectivity index (χ0v) is 16.0. The van der Waals surface area contributed by atoms with E-state index in [1.165, 1.54) is 16.9 Å². The van der Waals surface area contributed by atoms with Gasteiger partial charge in [0.25, 0.3) is 11.5 Å². The van der Waals surface area contributed by atoms with Gasteiger partial charge in [-0.15, -0.1) is 0 Å². The third-order valence-electron chi connectivity index (χ3n) is 4.81. The number of benzene rings is 1. The molecule has 2 aromatic heterocycles. The van der Waals surface area contributed by atoms with Crippen LogP contribution in [0, 0.1) is 0 Å². The lowest BCUT2D eigenvalue weighted by atomic mass is 10.1. The summed E-state index contributed by atoms with van der Waals surface area (Å²) in [4.78, 5) is 34.9.